The quantitative estimate of drug-likeness (QED) is 0.263. The molecule has 0 amide bonds. The third kappa shape index (κ3) is 6.64. The summed E-state index contributed by atoms with van der Waals surface area (Å²) in [6.07, 6.45) is -9.39. The largest absolute Gasteiger partial charge is 0.478 e. The van der Waals surface area contributed by atoms with Gasteiger partial charge in [0.05, 0.1) is 30.8 Å². The lowest BCUT2D eigenvalue weighted by atomic mass is 9.98. The smallest absolute Gasteiger partial charge is 0.437 e. The van der Waals surface area contributed by atoms with Gasteiger partial charge in [-0.05, 0) is 34.6 Å². The SMILES string of the molecule is CC1OC2COP(=O)(OCOC(=O)C(C)(C)C)OC3C(C)OC(COP(=O)(O)OC2C1O)C3O. The molecular weight excluding hydrogens is 502 g/mol. The van der Waals surface area contributed by atoms with E-state index in [0.29, 0.717) is 0 Å². The van der Waals surface area contributed by atoms with Crippen LogP contribution in [0.4, 0.5) is 0 Å². The molecule has 14 nitrogen and oxygen atoms in total. The van der Waals surface area contributed by atoms with Crippen LogP contribution in [0.1, 0.15) is 34.6 Å². The predicted molar refractivity (Wildman–Crippen MR) is 111 cm³/mol. The van der Waals surface area contributed by atoms with Crippen LogP contribution in [0, 0.1) is 5.41 Å². The highest BCUT2D eigenvalue weighted by Crippen LogP contribution is 2.54. The van der Waals surface area contributed by atoms with Crippen LogP contribution >= 0.6 is 15.6 Å². The Labute approximate surface area is 196 Å². The van der Waals surface area contributed by atoms with Gasteiger partial charge in [-0.25, -0.2) is 13.7 Å². The number of carbonyl (C=O) groups excluding carboxylic acids is 1. The van der Waals surface area contributed by atoms with Crippen LogP contribution in [0.3, 0.4) is 0 Å². The number of hydrogen-bond acceptors (Lipinski definition) is 13. The Bertz CT molecular complexity index is 830. The summed E-state index contributed by atoms with van der Waals surface area (Å²) >= 11 is 0. The molecule has 10 atom stereocenters. The summed E-state index contributed by atoms with van der Waals surface area (Å²) in [6.45, 7) is 5.92. The lowest BCUT2D eigenvalue weighted by Gasteiger charge is -2.26. The van der Waals surface area contributed by atoms with Crippen LogP contribution in [0.5, 0.6) is 0 Å². The number of phosphoric ester groups is 2. The Hall–Kier alpha value is -0.470. The number of carbonyl (C=O) groups is 1. The number of esters is 1. The minimum Gasteiger partial charge on any atom is -0.437 e. The van der Waals surface area contributed by atoms with E-state index in [4.69, 9.17) is 36.8 Å². The predicted octanol–water partition coefficient (Wildman–Crippen LogP) is 0.872. The first-order chi connectivity index (χ1) is 15.6. The van der Waals surface area contributed by atoms with Crippen LogP contribution in [0.25, 0.3) is 0 Å². The molecule has 2 bridgehead atoms. The average Bonchev–Trinajstić information content (AvgIpc) is 3.14. The van der Waals surface area contributed by atoms with Gasteiger partial charge in [0, 0.05) is 0 Å². The first kappa shape index (κ1) is 28.1. The molecular formula is C18H32O14P2. The molecule has 0 spiro atoms. The van der Waals surface area contributed by atoms with E-state index in [1.165, 1.54) is 13.8 Å². The first-order valence-electron chi connectivity index (χ1n) is 10.7. The fourth-order valence-corrected chi connectivity index (χ4v) is 5.78. The van der Waals surface area contributed by atoms with Gasteiger partial charge >= 0.3 is 21.6 Å². The van der Waals surface area contributed by atoms with Crippen LogP contribution in [0.2, 0.25) is 0 Å². The lowest BCUT2D eigenvalue weighted by Crippen LogP contribution is -2.36. The molecule has 0 aromatic rings. The van der Waals surface area contributed by atoms with Gasteiger partial charge in [-0.15, -0.1) is 0 Å². The molecule has 3 N–H and O–H groups in total. The van der Waals surface area contributed by atoms with Crippen LogP contribution in [-0.4, -0.2) is 89.9 Å². The van der Waals surface area contributed by atoms with Gasteiger partial charge in [-0.2, -0.15) is 0 Å². The Kier molecular flexibility index (Phi) is 8.67. The second-order valence-electron chi connectivity index (χ2n) is 9.32. The third-order valence-corrected chi connectivity index (χ3v) is 7.83. The molecule has 0 aromatic heterocycles. The molecule has 10 unspecified atom stereocenters. The van der Waals surface area contributed by atoms with Gasteiger partial charge < -0.3 is 29.3 Å². The van der Waals surface area contributed by atoms with Gasteiger partial charge in [-0.1, -0.05) is 0 Å². The Morgan fingerprint density at radius 1 is 0.941 bits per heavy atom. The zero-order chi connectivity index (χ0) is 25.5. The zero-order valence-electron chi connectivity index (χ0n) is 19.5. The van der Waals surface area contributed by atoms with Crippen LogP contribution < -0.4 is 0 Å². The Morgan fingerprint density at radius 3 is 2.21 bits per heavy atom. The van der Waals surface area contributed by atoms with E-state index in [2.05, 4.69) is 0 Å². The molecule has 0 aromatic carbocycles. The highest BCUT2D eigenvalue weighted by Gasteiger charge is 2.51. The number of fused-ring (bicyclic) bond motifs is 3. The summed E-state index contributed by atoms with van der Waals surface area (Å²) in [5.74, 6) is -0.636. The van der Waals surface area contributed by atoms with Gasteiger partial charge in [0.2, 0.25) is 6.79 Å². The van der Waals surface area contributed by atoms with E-state index in [1.807, 2.05) is 0 Å². The number of hydrogen-bond donors (Lipinski definition) is 3. The molecule has 16 heteroatoms. The molecule has 3 rings (SSSR count). The molecule has 3 aliphatic heterocycles. The number of ether oxygens (including phenoxy) is 3. The number of aliphatic hydroxyl groups is 2. The van der Waals surface area contributed by atoms with Gasteiger partial charge in [0.25, 0.3) is 0 Å². The van der Waals surface area contributed by atoms with Crippen molar-refractivity contribution in [2.24, 2.45) is 5.41 Å². The first-order valence-corrected chi connectivity index (χ1v) is 13.6. The normalized spacial score (nSPS) is 46.1. The topological polar surface area (TPSA) is 186 Å². The molecule has 3 saturated heterocycles. The lowest BCUT2D eigenvalue weighted by molar-refractivity contribution is -0.161. The van der Waals surface area contributed by atoms with Crippen LogP contribution in [0.15, 0.2) is 0 Å². The van der Waals surface area contributed by atoms with Crippen LogP contribution in [-0.2, 0) is 50.8 Å². The molecule has 3 heterocycles. The summed E-state index contributed by atoms with van der Waals surface area (Å²) in [6, 6.07) is 0. The monoisotopic (exact) mass is 534 g/mol. The molecule has 198 valence electrons. The minimum atomic E-state index is -4.73. The third-order valence-electron chi connectivity index (χ3n) is 5.46. The van der Waals surface area contributed by atoms with Crippen molar-refractivity contribution in [3.05, 3.63) is 0 Å². The van der Waals surface area contributed by atoms with Gasteiger partial charge in [-0.3, -0.25) is 22.9 Å². The van der Waals surface area contributed by atoms with E-state index in [1.54, 1.807) is 20.8 Å². The summed E-state index contributed by atoms with van der Waals surface area (Å²) in [5, 5.41) is 20.9. The summed E-state index contributed by atoms with van der Waals surface area (Å²) in [5.41, 5.74) is -0.853. The second-order valence-corrected chi connectivity index (χ2v) is 12.3. The van der Waals surface area contributed by atoms with Crippen molar-refractivity contribution < 1.29 is 65.9 Å². The Balaban J connectivity index is 1.83. The molecule has 0 radical (unpaired) electrons. The molecule has 3 fully saturated rings. The maximum absolute atomic E-state index is 13.4. The maximum Gasteiger partial charge on any atom is 0.478 e. The average molecular weight is 534 g/mol. The number of aliphatic hydroxyl groups excluding tert-OH is 2. The summed E-state index contributed by atoms with van der Waals surface area (Å²) in [7, 11) is -9.26. The van der Waals surface area contributed by atoms with E-state index in [-0.39, 0.29) is 0 Å². The maximum atomic E-state index is 13.4. The molecule has 3 aliphatic rings. The summed E-state index contributed by atoms with van der Waals surface area (Å²) < 4.78 is 67.9. The van der Waals surface area contributed by atoms with Gasteiger partial charge in [0.15, 0.2) is 0 Å². The molecule has 0 aliphatic carbocycles. The Morgan fingerprint density at radius 2 is 1.56 bits per heavy atom. The van der Waals surface area contributed by atoms with Gasteiger partial charge in [0.1, 0.15) is 36.6 Å². The zero-order valence-corrected chi connectivity index (χ0v) is 21.3. The standard InChI is InChI=1S/C18H32O14P2/c1-9-13(19)16-12(29-9)7-27-34(24,28-8-25-17(21)18(3,4)5)32-15-10(2)30-11(14(15)20)6-26-33(22,23)31-16/h9-16,19-20H,6-8H2,1-5H3,(H,22,23). The fraction of sp³-hybridized carbons (Fsp3) is 0.944. The number of rotatable bonds is 3. The van der Waals surface area contributed by atoms with E-state index in [9.17, 15) is 29.0 Å². The van der Waals surface area contributed by atoms with E-state index < -0.39 is 95.9 Å². The van der Waals surface area contributed by atoms with E-state index >= 15 is 0 Å². The van der Waals surface area contributed by atoms with Crippen molar-refractivity contribution in [3.63, 3.8) is 0 Å². The van der Waals surface area contributed by atoms with Crippen molar-refractivity contribution in [2.75, 3.05) is 20.0 Å². The second kappa shape index (κ2) is 10.5. The highest BCUT2D eigenvalue weighted by atomic mass is 31.2. The minimum absolute atomic E-state index is 0.571. The highest BCUT2D eigenvalue weighted by molar-refractivity contribution is 7.48. The van der Waals surface area contributed by atoms with Crippen molar-refractivity contribution in [2.45, 2.75) is 83.5 Å². The fourth-order valence-electron chi connectivity index (χ4n) is 3.52. The van der Waals surface area contributed by atoms with Crippen molar-refractivity contribution in [1.82, 2.24) is 0 Å². The van der Waals surface area contributed by atoms with Crippen molar-refractivity contribution in [3.8, 4) is 0 Å². The number of phosphoric acid groups is 2. The molecule has 0 saturated carbocycles. The van der Waals surface area contributed by atoms with Crippen molar-refractivity contribution in [1.29, 1.82) is 0 Å². The van der Waals surface area contributed by atoms with Crippen molar-refractivity contribution >= 4 is 21.6 Å². The summed E-state index contributed by atoms with van der Waals surface area (Å²) in [4.78, 5) is 22.1. The van der Waals surface area contributed by atoms with E-state index in [0.717, 1.165) is 0 Å². The molecule has 34 heavy (non-hydrogen) atoms.